The van der Waals surface area contributed by atoms with Crippen LogP contribution in [0.4, 0.5) is 16.2 Å². The molecule has 0 radical (unpaired) electrons. The van der Waals surface area contributed by atoms with Gasteiger partial charge in [-0.3, -0.25) is 14.8 Å². The Kier molecular flexibility index (Phi) is 9.06. The largest absolute Gasteiger partial charge is 0.371 e. The van der Waals surface area contributed by atoms with Crippen LogP contribution in [-0.2, 0) is 11.2 Å². The van der Waals surface area contributed by atoms with E-state index in [2.05, 4.69) is 32.7 Å². The Labute approximate surface area is 236 Å². The molecule has 0 saturated carbocycles. The van der Waals surface area contributed by atoms with E-state index in [0.717, 1.165) is 55.7 Å². The number of anilines is 2. The number of aromatic nitrogens is 1. The van der Waals surface area contributed by atoms with Crippen LogP contribution in [0.1, 0.15) is 43.7 Å². The standard InChI is InChI=1S/C32H38N6O2/c1-2-20-38-29-11-7-6-10-27(29)28(13-12-24-8-4-3-5-9-24)35-30(31(38)39)36-32(40)34-23-25-16-21-37(22-17-25)26-14-18-33-19-15-26/h3-11,14-15,18-19,25,30H,2,12-13,16-17,20-23H2,1H3,(H2,34,36,40). The second-order valence-corrected chi connectivity index (χ2v) is 10.5. The fraction of sp³-hybridized carbons (Fsp3) is 0.375. The van der Waals surface area contributed by atoms with Gasteiger partial charge in [0.15, 0.2) is 0 Å². The maximum Gasteiger partial charge on any atom is 0.316 e. The number of nitrogens with one attached hydrogen (secondary N) is 2. The highest BCUT2D eigenvalue weighted by Crippen LogP contribution is 2.28. The molecule has 0 spiro atoms. The molecule has 2 aliphatic heterocycles. The number of urea groups is 1. The van der Waals surface area contributed by atoms with Crippen molar-refractivity contribution in [1.82, 2.24) is 15.6 Å². The predicted molar refractivity (Wildman–Crippen MR) is 160 cm³/mol. The van der Waals surface area contributed by atoms with Crippen LogP contribution < -0.4 is 20.4 Å². The van der Waals surface area contributed by atoms with Crippen molar-refractivity contribution in [3.8, 4) is 0 Å². The van der Waals surface area contributed by atoms with E-state index in [4.69, 9.17) is 4.99 Å². The average Bonchev–Trinajstić information content (AvgIpc) is 3.11. The Hall–Kier alpha value is -4.20. The van der Waals surface area contributed by atoms with Crippen molar-refractivity contribution < 1.29 is 9.59 Å². The number of pyridine rings is 1. The van der Waals surface area contributed by atoms with E-state index in [-0.39, 0.29) is 11.9 Å². The van der Waals surface area contributed by atoms with Gasteiger partial charge in [0.25, 0.3) is 5.91 Å². The second kappa shape index (κ2) is 13.2. The summed E-state index contributed by atoms with van der Waals surface area (Å²) < 4.78 is 0. The third-order valence-corrected chi connectivity index (χ3v) is 7.69. The molecular weight excluding hydrogens is 500 g/mol. The van der Waals surface area contributed by atoms with Crippen LogP contribution in [0.5, 0.6) is 0 Å². The SMILES string of the molecule is CCCN1C(=O)C(NC(=O)NCC2CCN(c3ccncc3)CC2)N=C(CCc2ccccc2)c2ccccc21. The first-order valence-electron chi connectivity index (χ1n) is 14.3. The molecule has 40 heavy (non-hydrogen) atoms. The molecule has 1 aromatic heterocycles. The lowest BCUT2D eigenvalue weighted by molar-refractivity contribution is -0.120. The number of nitrogens with zero attached hydrogens (tertiary/aromatic N) is 4. The fourth-order valence-corrected chi connectivity index (χ4v) is 5.52. The normalized spacial score (nSPS) is 17.6. The van der Waals surface area contributed by atoms with Crippen LogP contribution in [-0.4, -0.2) is 55.0 Å². The molecule has 5 rings (SSSR count). The molecule has 1 atom stereocenters. The minimum atomic E-state index is -0.974. The van der Waals surface area contributed by atoms with Crippen LogP contribution in [0.3, 0.4) is 0 Å². The lowest BCUT2D eigenvalue weighted by Crippen LogP contribution is -2.51. The zero-order valence-corrected chi connectivity index (χ0v) is 23.1. The highest BCUT2D eigenvalue weighted by molar-refractivity contribution is 6.13. The molecular formula is C32H38N6O2. The third kappa shape index (κ3) is 6.68. The summed E-state index contributed by atoms with van der Waals surface area (Å²) >= 11 is 0. The van der Waals surface area contributed by atoms with E-state index in [1.165, 1.54) is 11.3 Å². The zero-order chi connectivity index (χ0) is 27.7. The van der Waals surface area contributed by atoms with Gasteiger partial charge in [-0.1, -0.05) is 55.5 Å². The lowest BCUT2D eigenvalue weighted by Gasteiger charge is -2.33. The third-order valence-electron chi connectivity index (χ3n) is 7.69. The number of aryl methyl sites for hydroxylation is 1. The van der Waals surface area contributed by atoms with Crippen LogP contribution in [0, 0.1) is 5.92 Å². The number of carbonyl (C=O) groups excluding carboxylic acids is 2. The summed E-state index contributed by atoms with van der Waals surface area (Å²) in [6.45, 7) is 5.07. The summed E-state index contributed by atoms with van der Waals surface area (Å²) in [7, 11) is 0. The summed E-state index contributed by atoms with van der Waals surface area (Å²) in [4.78, 5) is 39.8. The molecule has 0 aliphatic carbocycles. The van der Waals surface area contributed by atoms with Gasteiger partial charge < -0.3 is 20.4 Å². The molecule has 3 amide bonds. The van der Waals surface area contributed by atoms with E-state index >= 15 is 0 Å². The molecule has 3 aromatic rings. The van der Waals surface area contributed by atoms with E-state index in [1.54, 1.807) is 4.90 Å². The van der Waals surface area contributed by atoms with Crippen molar-refractivity contribution in [1.29, 1.82) is 0 Å². The summed E-state index contributed by atoms with van der Waals surface area (Å²) in [5, 5.41) is 5.91. The van der Waals surface area contributed by atoms with E-state index in [9.17, 15) is 9.59 Å². The maximum absolute atomic E-state index is 13.7. The topological polar surface area (TPSA) is 89.9 Å². The van der Waals surface area contributed by atoms with Crippen LogP contribution >= 0.6 is 0 Å². The number of piperidine rings is 1. The summed E-state index contributed by atoms with van der Waals surface area (Å²) in [6.07, 6.45) is 6.92. The molecule has 8 nitrogen and oxygen atoms in total. The first kappa shape index (κ1) is 27.4. The Bertz CT molecular complexity index is 1310. The van der Waals surface area contributed by atoms with Crippen molar-refractivity contribution in [3.63, 3.8) is 0 Å². The van der Waals surface area contributed by atoms with Crippen LogP contribution in [0.15, 0.2) is 84.1 Å². The number of benzodiazepines with no additional fused rings is 1. The Morgan fingerprint density at radius 1 is 0.950 bits per heavy atom. The minimum absolute atomic E-state index is 0.204. The summed E-state index contributed by atoms with van der Waals surface area (Å²) in [6, 6.07) is 21.9. The van der Waals surface area contributed by atoms with Gasteiger partial charge in [0.05, 0.1) is 5.69 Å². The summed E-state index contributed by atoms with van der Waals surface area (Å²) in [5.41, 5.74) is 5.03. The van der Waals surface area contributed by atoms with Gasteiger partial charge in [-0.15, -0.1) is 0 Å². The Morgan fingerprint density at radius 3 is 2.42 bits per heavy atom. The minimum Gasteiger partial charge on any atom is -0.371 e. The molecule has 2 aromatic carbocycles. The molecule has 208 valence electrons. The molecule has 1 unspecified atom stereocenters. The number of rotatable bonds is 9. The number of hydrogen-bond donors (Lipinski definition) is 2. The molecule has 1 fully saturated rings. The quantitative estimate of drug-likeness (QED) is 0.410. The fourth-order valence-electron chi connectivity index (χ4n) is 5.52. The lowest BCUT2D eigenvalue weighted by atomic mass is 9.96. The van der Waals surface area contributed by atoms with E-state index in [0.29, 0.717) is 25.4 Å². The van der Waals surface area contributed by atoms with Crippen molar-refractivity contribution in [3.05, 3.63) is 90.3 Å². The van der Waals surface area contributed by atoms with Gasteiger partial charge in [0, 0.05) is 55.5 Å². The highest BCUT2D eigenvalue weighted by Gasteiger charge is 2.32. The molecule has 2 N–H and O–H groups in total. The summed E-state index contributed by atoms with van der Waals surface area (Å²) in [5.74, 6) is 0.185. The molecule has 8 heteroatoms. The van der Waals surface area contributed by atoms with E-state index < -0.39 is 6.17 Å². The Balaban J connectivity index is 1.25. The number of carbonyl (C=O) groups is 2. The van der Waals surface area contributed by atoms with Gasteiger partial charge >= 0.3 is 6.03 Å². The van der Waals surface area contributed by atoms with Crippen molar-refractivity contribution >= 4 is 29.0 Å². The predicted octanol–water partition coefficient (Wildman–Crippen LogP) is 4.80. The van der Waals surface area contributed by atoms with Gasteiger partial charge in [-0.2, -0.15) is 0 Å². The van der Waals surface area contributed by atoms with Crippen molar-refractivity contribution in [2.75, 3.05) is 36.0 Å². The highest BCUT2D eigenvalue weighted by atomic mass is 16.2. The van der Waals surface area contributed by atoms with Gasteiger partial charge in [0.2, 0.25) is 6.17 Å². The zero-order valence-electron chi connectivity index (χ0n) is 23.1. The van der Waals surface area contributed by atoms with Crippen LogP contribution in [0.25, 0.3) is 0 Å². The monoisotopic (exact) mass is 538 g/mol. The van der Waals surface area contributed by atoms with Gasteiger partial charge in [0.1, 0.15) is 0 Å². The average molecular weight is 539 g/mol. The molecule has 3 heterocycles. The van der Waals surface area contributed by atoms with Crippen molar-refractivity contribution in [2.24, 2.45) is 10.9 Å². The number of amides is 3. The van der Waals surface area contributed by atoms with E-state index in [1.807, 2.05) is 73.9 Å². The first-order chi connectivity index (χ1) is 19.6. The number of hydrogen-bond acceptors (Lipinski definition) is 5. The number of para-hydroxylation sites is 1. The number of aliphatic imine (C=N–C) groups is 1. The van der Waals surface area contributed by atoms with Gasteiger partial charge in [-0.25, -0.2) is 4.79 Å². The molecule has 2 aliphatic rings. The first-order valence-corrected chi connectivity index (χ1v) is 14.3. The maximum atomic E-state index is 13.7. The van der Waals surface area contributed by atoms with Crippen LogP contribution in [0.2, 0.25) is 0 Å². The number of fused-ring (bicyclic) bond motifs is 1. The smallest absolute Gasteiger partial charge is 0.316 e. The number of benzene rings is 2. The second-order valence-electron chi connectivity index (χ2n) is 10.5. The molecule has 0 bridgehead atoms. The van der Waals surface area contributed by atoms with Crippen molar-refractivity contribution in [2.45, 2.75) is 45.2 Å². The molecule has 1 saturated heterocycles. The Morgan fingerprint density at radius 2 is 1.68 bits per heavy atom. The van der Waals surface area contributed by atoms with Gasteiger partial charge in [-0.05, 0) is 61.8 Å².